The van der Waals surface area contributed by atoms with Crippen molar-refractivity contribution in [1.82, 2.24) is 5.32 Å². The van der Waals surface area contributed by atoms with Crippen molar-refractivity contribution < 1.29 is 14.3 Å². The van der Waals surface area contributed by atoms with E-state index in [-0.39, 0.29) is 12.5 Å². The number of amides is 1. The van der Waals surface area contributed by atoms with Gasteiger partial charge in [-0.1, -0.05) is 23.7 Å². The third-order valence-corrected chi connectivity index (χ3v) is 3.32. The van der Waals surface area contributed by atoms with Gasteiger partial charge in [0.25, 0.3) is 5.91 Å². The van der Waals surface area contributed by atoms with E-state index >= 15 is 0 Å². The summed E-state index contributed by atoms with van der Waals surface area (Å²) in [5, 5.41) is 15.5. The van der Waals surface area contributed by atoms with E-state index in [9.17, 15) is 14.3 Å². The number of hydrogen-bond donors (Lipinski definition) is 3. The maximum atomic E-state index is 13.2. The van der Waals surface area contributed by atoms with Crippen LogP contribution < -0.4 is 10.6 Å². The largest absolute Gasteiger partial charge is 0.505 e. The number of nitrogens with one attached hydrogen (secondary N) is 2. The lowest BCUT2D eigenvalue weighted by Gasteiger charge is -2.11. The van der Waals surface area contributed by atoms with Crippen LogP contribution in [0.5, 0.6) is 5.75 Å². The zero-order valence-corrected chi connectivity index (χ0v) is 12.0. The third-order valence-electron chi connectivity index (χ3n) is 3.00. The molecule has 0 aliphatic carbocycles. The lowest BCUT2D eigenvalue weighted by molar-refractivity contribution is 0.0963. The van der Waals surface area contributed by atoms with E-state index in [1.807, 2.05) is 0 Å². The summed E-state index contributed by atoms with van der Waals surface area (Å²) in [7, 11) is 1.54. The minimum absolute atomic E-state index is 0.181. The van der Waals surface area contributed by atoms with E-state index in [2.05, 4.69) is 10.6 Å². The first-order valence-electron chi connectivity index (χ1n) is 6.24. The van der Waals surface area contributed by atoms with Gasteiger partial charge in [0.1, 0.15) is 0 Å². The Morgan fingerprint density at radius 1 is 1.33 bits per heavy atom. The number of anilines is 1. The Morgan fingerprint density at radius 2 is 2.10 bits per heavy atom. The molecule has 0 aliphatic heterocycles. The van der Waals surface area contributed by atoms with E-state index in [0.717, 1.165) is 0 Å². The van der Waals surface area contributed by atoms with Gasteiger partial charge in [-0.05, 0) is 24.3 Å². The number of para-hydroxylation sites is 1. The highest BCUT2D eigenvalue weighted by atomic mass is 35.5. The average molecular weight is 309 g/mol. The van der Waals surface area contributed by atoms with E-state index < -0.39 is 11.6 Å². The number of carbonyl (C=O) groups is 1. The summed E-state index contributed by atoms with van der Waals surface area (Å²) in [4.78, 5) is 11.6. The number of rotatable bonds is 4. The summed E-state index contributed by atoms with van der Waals surface area (Å²) in [5.41, 5.74) is 1.38. The van der Waals surface area contributed by atoms with Crippen molar-refractivity contribution in [2.75, 3.05) is 12.4 Å². The summed E-state index contributed by atoms with van der Waals surface area (Å²) < 4.78 is 13.2. The van der Waals surface area contributed by atoms with Gasteiger partial charge in [0, 0.05) is 24.7 Å². The molecule has 0 heterocycles. The second kappa shape index (κ2) is 6.45. The van der Waals surface area contributed by atoms with Crippen LogP contribution in [0.2, 0.25) is 5.02 Å². The molecule has 6 heteroatoms. The molecule has 110 valence electrons. The Labute approximate surface area is 126 Å². The zero-order valence-electron chi connectivity index (χ0n) is 11.3. The van der Waals surface area contributed by atoms with Crippen LogP contribution in [0.4, 0.5) is 10.1 Å². The van der Waals surface area contributed by atoms with Gasteiger partial charge >= 0.3 is 0 Å². The number of aromatic hydroxyl groups is 1. The maximum Gasteiger partial charge on any atom is 0.251 e. The van der Waals surface area contributed by atoms with Crippen molar-refractivity contribution in [3.8, 4) is 5.75 Å². The van der Waals surface area contributed by atoms with Gasteiger partial charge in [-0.3, -0.25) is 4.79 Å². The Balaban J connectivity index is 2.19. The van der Waals surface area contributed by atoms with Gasteiger partial charge in [-0.15, -0.1) is 0 Å². The zero-order chi connectivity index (χ0) is 15.4. The molecule has 0 fully saturated rings. The first-order chi connectivity index (χ1) is 10.0. The van der Waals surface area contributed by atoms with Crippen molar-refractivity contribution in [1.29, 1.82) is 0 Å². The highest BCUT2D eigenvalue weighted by Crippen LogP contribution is 2.26. The molecule has 0 atom stereocenters. The molecule has 0 bridgehead atoms. The Bertz CT molecular complexity index is 677. The molecule has 1 amide bonds. The Morgan fingerprint density at radius 3 is 2.81 bits per heavy atom. The normalized spacial score (nSPS) is 10.2. The van der Waals surface area contributed by atoms with Crippen molar-refractivity contribution >= 4 is 23.2 Å². The fourth-order valence-corrected chi connectivity index (χ4v) is 2.02. The van der Waals surface area contributed by atoms with Crippen molar-refractivity contribution in [3.63, 3.8) is 0 Å². The number of benzene rings is 2. The number of phenolic OH excluding ortho intramolecular Hbond substituents is 1. The topological polar surface area (TPSA) is 61.4 Å². The molecule has 0 saturated heterocycles. The number of carbonyl (C=O) groups excluding carboxylic acids is 1. The van der Waals surface area contributed by atoms with Crippen molar-refractivity contribution in [2.45, 2.75) is 6.54 Å². The lowest BCUT2D eigenvalue weighted by atomic mass is 10.1. The molecule has 0 saturated carbocycles. The van der Waals surface area contributed by atoms with Crippen LogP contribution in [-0.2, 0) is 6.54 Å². The van der Waals surface area contributed by atoms with Crippen LogP contribution in [0.3, 0.4) is 0 Å². The van der Waals surface area contributed by atoms with E-state index in [4.69, 9.17) is 11.6 Å². The summed E-state index contributed by atoms with van der Waals surface area (Å²) in [6.45, 7) is 0.181. The second-order valence-electron chi connectivity index (χ2n) is 4.37. The van der Waals surface area contributed by atoms with Gasteiger partial charge in [0.2, 0.25) is 0 Å². The highest BCUT2D eigenvalue weighted by Gasteiger charge is 2.09. The average Bonchev–Trinajstić information content (AvgIpc) is 2.49. The van der Waals surface area contributed by atoms with Gasteiger partial charge in [0.15, 0.2) is 11.6 Å². The molecular formula is C15H14ClFN2O2. The monoisotopic (exact) mass is 308 g/mol. The van der Waals surface area contributed by atoms with Crippen LogP contribution in [0, 0.1) is 5.82 Å². The Kier molecular flexibility index (Phi) is 4.65. The second-order valence-corrected chi connectivity index (χ2v) is 4.78. The summed E-state index contributed by atoms with van der Waals surface area (Å²) >= 11 is 6.05. The first-order valence-corrected chi connectivity index (χ1v) is 6.62. The van der Waals surface area contributed by atoms with E-state index in [1.165, 1.54) is 19.2 Å². The lowest BCUT2D eigenvalue weighted by Crippen LogP contribution is -2.17. The molecular weight excluding hydrogens is 295 g/mol. The maximum absolute atomic E-state index is 13.2. The SMILES string of the molecule is CNC(=O)c1ccc(Cl)c(NCc2cccc(F)c2O)c1. The molecule has 0 radical (unpaired) electrons. The predicted octanol–water partition coefficient (Wildman–Crippen LogP) is 3.16. The fraction of sp³-hybridized carbons (Fsp3) is 0.133. The van der Waals surface area contributed by atoms with Crippen LogP contribution in [0.1, 0.15) is 15.9 Å². The standard InChI is InChI=1S/C15H14ClFN2O2/c1-18-15(21)9-5-6-11(16)13(7-9)19-8-10-3-2-4-12(17)14(10)20/h2-7,19-20H,8H2,1H3,(H,18,21). The molecule has 2 aromatic carbocycles. The van der Waals surface area contributed by atoms with E-state index in [0.29, 0.717) is 21.8 Å². The number of hydrogen-bond acceptors (Lipinski definition) is 3. The molecule has 4 nitrogen and oxygen atoms in total. The molecule has 2 rings (SSSR count). The molecule has 0 spiro atoms. The molecule has 0 unspecified atom stereocenters. The minimum atomic E-state index is -0.681. The quantitative estimate of drug-likeness (QED) is 0.813. The van der Waals surface area contributed by atoms with Gasteiger partial charge in [0.05, 0.1) is 10.7 Å². The molecule has 0 aromatic heterocycles. The number of phenols is 1. The highest BCUT2D eigenvalue weighted by molar-refractivity contribution is 6.33. The molecule has 2 aromatic rings. The van der Waals surface area contributed by atoms with Gasteiger partial charge in [-0.2, -0.15) is 0 Å². The smallest absolute Gasteiger partial charge is 0.251 e. The first kappa shape index (κ1) is 15.1. The summed E-state index contributed by atoms with van der Waals surface area (Å²) in [6.07, 6.45) is 0. The third kappa shape index (κ3) is 3.44. The van der Waals surface area contributed by atoms with Gasteiger partial charge in [-0.25, -0.2) is 4.39 Å². The van der Waals surface area contributed by atoms with Crippen molar-refractivity contribution in [3.05, 3.63) is 58.4 Å². The molecule has 0 aliphatic rings. The van der Waals surface area contributed by atoms with Crippen molar-refractivity contribution in [2.24, 2.45) is 0 Å². The van der Waals surface area contributed by atoms with Crippen LogP contribution in [-0.4, -0.2) is 18.1 Å². The predicted molar refractivity (Wildman–Crippen MR) is 80.2 cm³/mol. The summed E-state index contributed by atoms with van der Waals surface area (Å²) in [5.74, 6) is -1.31. The minimum Gasteiger partial charge on any atom is -0.505 e. The van der Waals surface area contributed by atoms with E-state index in [1.54, 1.807) is 24.3 Å². The summed E-state index contributed by atoms with van der Waals surface area (Å²) in [6, 6.07) is 9.08. The van der Waals surface area contributed by atoms with Crippen LogP contribution in [0.25, 0.3) is 0 Å². The van der Waals surface area contributed by atoms with Gasteiger partial charge < -0.3 is 15.7 Å². The fourth-order valence-electron chi connectivity index (χ4n) is 1.84. The number of halogens is 2. The molecule has 3 N–H and O–H groups in total. The molecule has 21 heavy (non-hydrogen) atoms. The van der Waals surface area contributed by atoms with Crippen LogP contribution >= 0.6 is 11.6 Å². The Hall–Kier alpha value is -2.27. The van der Waals surface area contributed by atoms with Crippen LogP contribution in [0.15, 0.2) is 36.4 Å².